The molecule has 0 saturated heterocycles. The first-order chi connectivity index (χ1) is 12.1. The van der Waals surface area contributed by atoms with Crippen molar-refractivity contribution in [2.75, 3.05) is 13.1 Å². The number of amides is 2. The molecule has 0 spiro atoms. The number of furan rings is 1. The molecule has 0 unspecified atom stereocenters. The Hall–Kier alpha value is -2.27. The van der Waals surface area contributed by atoms with Crippen LogP contribution in [0.5, 0.6) is 0 Å². The van der Waals surface area contributed by atoms with Gasteiger partial charge >= 0.3 is 0 Å². The Balaban J connectivity index is 1.56. The average Bonchev–Trinajstić information content (AvgIpc) is 3.31. The topological polar surface area (TPSA) is 71.3 Å². The Labute approximate surface area is 151 Å². The predicted octanol–water partition coefficient (Wildman–Crippen LogP) is 3.29. The molecule has 2 N–H and O–H groups in total. The molecule has 132 valence electrons. The van der Waals surface area contributed by atoms with Crippen molar-refractivity contribution in [2.45, 2.75) is 31.1 Å². The largest absolute Gasteiger partial charge is 0.459 e. The van der Waals surface area contributed by atoms with Gasteiger partial charge in [-0.2, -0.15) is 0 Å². The van der Waals surface area contributed by atoms with Crippen LogP contribution in [0.1, 0.15) is 41.8 Å². The third-order valence-electron chi connectivity index (χ3n) is 4.73. The average molecular weight is 361 g/mol. The monoisotopic (exact) mass is 360 g/mol. The van der Waals surface area contributed by atoms with Gasteiger partial charge in [0.25, 0.3) is 5.91 Å². The molecule has 0 atom stereocenters. The summed E-state index contributed by atoms with van der Waals surface area (Å²) in [4.78, 5) is 24.6. The zero-order valence-corrected chi connectivity index (χ0v) is 14.6. The van der Waals surface area contributed by atoms with Gasteiger partial charge in [0.15, 0.2) is 5.76 Å². The lowest BCUT2D eigenvalue weighted by Crippen LogP contribution is -2.45. The summed E-state index contributed by atoms with van der Waals surface area (Å²) in [6, 6.07) is 10.8. The second-order valence-electron chi connectivity index (χ2n) is 6.29. The van der Waals surface area contributed by atoms with E-state index in [-0.39, 0.29) is 17.6 Å². The van der Waals surface area contributed by atoms with E-state index in [1.54, 1.807) is 12.1 Å². The number of hydrogen-bond acceptors (Lipinski definition) is 3. The summed E-state index contributed by atoms with van der Waals surface area (Å²) in [6.45, 7) is 0.725. The SMILES string of the molecule is O=C(NCCNC(=O)C1(c2ccc(Cl)cc2)CCCC1)c1ccco1. The molecular weight excluding hydrogens is 340 g/mol. The summed E-state index contributed by atoms with van der Waals surface area (Å²) in [5.74, 6) is -0.00754. The minimum atomic E-state index is -0.490. The van der Waals surface area contributed by atoms with Crippen molar-refractivity contribution >= 4 is 23.4 Å². The molecule has 1 aliphatic rings. The van der Waals surface area contributed by atoms with Crippen molar-refractivity contribution in [1.82, 2.24) is 10.6 Å². The minimum Gasteiger partial charge on any atom is -0.459 e. The van der Waals surface area contributed by atoms with E-state index in [2.05, 4.69) is 10.6 Å². The van der Waals surface area contributed by atoms with Crippen LogP contribution in [0, 0.1) is 0 Å². The molecule has 0 bridgehead atoms. The molecule has 1 fully saturated rings. The van der Waals surface area contributed by atoms with Crippen molar-refractivity contribution in [2.24, 2.45) is 0 Å². The fraction of sp³-hybridized carbons (Fsp3) is 0.368. The fourth-order valence-electron chi connectivity index (χ4n) is 3.41. The number of carbonyl (C=O) groups excluding carboxylic acids is 2. The molecule has 5 nitrogen and oxygen atoms in total. The van der Waals surface area contributed by atoms with E-state index in [9.17, 15) is 9.59 Å². The van der Waals surface area contributed by atoms with E-state index in [0.29, 0.717) is 18.1 Å². The van der Waals surface area contributed by atoms with Gasteiger partial charge in [-0.3, -0.25) is 9.59 Å². The Bertz CT molecular complexity index is 720. The van der Waals surface area contributed by atoms with E-state index in [1.165, 1.54) is 6.26 Å². The van der Waals surface area contributed by atoms with Gasteiger partial charge in [0.05, 0.1) is 11.7 Å². The van der Waals surface area contributed by atoms with Crippen molar-refractivity contribution in [1.29, 1.82) is 0 Å². The molecule has 2 aromatic rings. The zero-order valence-electron chi connectivity index (χ0n) is 13.9. The second kappa shape index (κ2) is 7.74. The fourth-order valence-corrected chi connectivity index (χ4v) is 3.54. The summed E-state index contributed by atoms with van der Waals surface area (Å²) in [7, 11) is 0. The molecule has 1 aromatic carbocycles. The predicted molar refractivity (Wildman–Crippen MR) is 95.6 cm³/mol. The molecule has 0 radical (unpaired) electrons. The Morgan fingerprint density at radius 3 is 2.36 bits per heavy atom. The molecule has 1 heterocycles. The molecule has 6 heteroatoms. The molecule has 1 saturated carbocycles. The van der Waals surface area contributed by atoms with Gasteiger partial charge in [-0.05, 0) is 42.7 Å². The number of halogens is 1. The van der Waals surface area contributed by atoms with Crippen LogP contribution >= 0.6 is 11.6 Å². The van der Waals surface area contributed by atoms with Gasteiger partial charge in [-0.15, -0.1) is 0 Å². The Kier molecular flexibility index (Phi) is 5.43. The maximum Gasteiger partial charge on any atom is 0.287 e. The maximum absolute atomic E-state index is 12.9. The van der Waals surface area contributed by atoms with Crippen LogP contribution in [0.25, 0.3) is 0 Å². The van der Waals surface area contributed by atoms with Crippen molar-refractivity contribution in [3.05, 3.63) is 59.0 Å². The van der Waals surface area contributed by atoms with Crippen molar-refractivity contribution < 1.29 is 14.0 Å². The smallest absolute Gasteiger partial charge is 0.287 e. The standard InChI is InChI=1S/C19H21ClN2O3/c20-15-7-5-14(6-8-15)19(9-1-2-10-19)18(24)22-12-11-21-17(23)16-4-3-13-25-16/h3-8,13H,1-2,9-12H2,(H,21,23)(H,22,24). The van der Waals surface area contributed by atoms with Crippen molar-refractivity contribution in [3.8, 4) is 0 Å². The number of benzene rings is 1. The van der Waals surface area contributed by atoms with Gasteiger partial charge in [0.1, 0.15) is 0 Å². The van der Waals surface area contributed by atoms with Gasteiger partial charge in [-0.1, -0.05) is 36.6 Å². The highest BCUT2D eigenvalue weighted by Crippen LogP contribution is 2.41. The highest BCUT2D eigenvalue weighted by molar-refractivity contribution is 6.30. The molecule has 3 rings (SSSR count). The van der Waals surface area contributed by atoms with E-state index < -0.39 is 5.41 Å². The summed E-state index contributed by atoms with van der Waals surface area (Å²) < 4.78 is 5.03. The molecule has 1 aliphatic carbocycles. The van der Waals surface area contributed by atoms with Crippen LogP contribution in [-0.2, 0) is 10.2 Å². The number of rotatable bonds is 6. The third-order valence-corrected chi connectivity index (χ3v) is 4.98. The maximum atomic E-state index is 12.9. The van der Waals surface area contributed by atoms with Crippen LogP contribution in [-0.4, -0.2) is 24.9 Å². The first-order valence-electron chi connectivity index (χ1n) is 8.48. The van der Waals surface area contributed by atoms with Gasteiger partial charge in [0.2, 0.25) is 5.91 Å². The first-order valence-corrected chi connectivity index (χ1v) is 8.86. The van der Waals surface area contributed by atoms with Crippen LogP contribution in [0.3, 0.4) is 0 Å². The first kappa shape index (κ1) is 17.5. The lowest BCUT2D eigenvalue weighted by atomic mass is 9.78. The zero-order chi connectivity index (χ0) is 17.7. The molecule has 1 aromatic heterocycles. The van der Waals surface area contributed by atoms with Crippen LogP contribution in [0.15, 0.2) is 47.1 Å². The normalized spacial score (nSPS) is 15.7. The second-order valence-corrected chi connectivity index (χ2v) is 6.72. The highest BCUT2D eigenvalue weighted by atomic mass is 35.5. The summed E-state index contributed by atoms with van der Waals surface area (Å²) >= 11 is 5.97. The quantitative estimate of drug-likeness (QED) is 0.776. The van der Waals surface area contributed by atoms with Crippen LogP contribution in [0.4, 0.5) is 0 Å². The molecular formula is C19H21ClN2O3. The summed E-state index contributed by atoms with van der Waals surface area (Å²) in [5.41, 5.74) is 0.516. The number of hydrogen-bond donors (Lipinski definition) is 2. The Morgan fingerprint density at radius 1 is 1.04 bits per heavy atom. The number of nitrogens with one attached hydrogen (secondary N) is 2. The van der Waals surface area contributed by atoms with Gasteiger partial charge in [-0.25, -0.2) is 0 Å². The number of carbonyl (C=O) groups is 2. The summed E-state index contributed by atoms with van der Waals surface area (Å²) in [5, 5.41) is 6.35. The van der Waals surface area contributed by atoms with E-state index in [1.807, 2.05) is 24.3 Å². The summed E-state index contributed by atoms with van der Waals surface area (Å²) in [6.07, 6.45) is 5.18. The minimum absolute atomic E-state index is 0.0135. The van der Waals surface area contributed by atoms with E-state index in [4.69, 9.17) is 16.0 Å². The molecule has 2 amide bonds. The Morgan fingerprint density at radius 2 is 1.72 bits per heavy atom. The van der Waals surface area contributed by atoms with E-state index >= 15 is 0 Å². The van der Waals surface area contributed by atoms with Gasteiger partial charge in [0, 0.05) is 18.1 Å². The van der Waals surface area contributed by atoms with Crippen LogP contribution in [0.2, 0.25) is 5.02 Å². The van der Waals surface area contributed by atoms with E-state index in [0.717, 1.165) is 31.2 Å². The lowest BCUT2D eigenvalue weighted by Gasteiger charge is -2.28. The third kappa shape index (κ3) is 3.87. The van der Waals surface area contributed by atoms with Crippen LogP contribution < -0.4 is 10.6 Å². The highest BCUT2D eigenvalue weighted by Gasteiger charge is 2.42. The molecule has 0 aliphatic heterocycles. The molecule has 25 heavy (non-hydrogen) atoms. The van der Waals surface area contributed by atoms with Crippen molar-refractivity contribution in [3.63, 3.8) is 0 Å². The van der Waals surface area contributed by atoms with Gasteiger partial charge < -0.3 is 15.1 Å². The lowest BCUT2D eigenvalue weighted by molar-refractivity contribution is -0.126.